The summed E-state index contributed by atoms with van der Waals surface area (Å²) in [5, 5.41) is 5.90. The second-order valence-electron chi connectivity index (χ2n) is 4.62. The molecule has 2 heterocycles. The second-order valence-corrected chi connectivity index (χ2v) is 4.62. The number of nitrogens with zero attached hydrogens (tertiary/aromatic N) is 3. The monoisotopic (exact) mass is 271 g/mol. The third-order valence-electron chi connectivity index (χ3n) is 2.52. The molecule has 0 spiro atoms. The van der Waals surface area contributed by atoms with Gasteiger partial charge in [0.1, 0.15) is 11.5 Å². The molecule has 2 rings (SSSR count). The van der Waals surface area contributed by atoms with Gasteiger partial charge in [-0.3, -0.25) is 9.78 Å². The molecule has 0 saturated carbocycles. The molecule has 0 aliphatic carbocycles. The SMILES string of the molecule is CC(C)Nc1cnc(C(=O)NCc2ccncc2)cn1. The fraction of sp³-hybridized carbons (Fsp3) is 0.286. The summed E-state index contributed by atoms with van der Waals surface area (Å²) >= 11 is 0. The van der Waals surface area contributed by atoms with Crippen molar-refractivity contribution in [3.8, 4) is 0 Å². The van der Waals surface area contributed by atoms with Gasteiger partial charge in [0.05, 0.1) is 12.4 Å². The zero-order valence-electron chi connectivity index (χ0n) is 11.5. The van der Waals surface area contributed by atoms with Crippen molar-refractivity contribution in [3.05, 3.63) is 48.2 Å². The summed E-state index contributed by atoms with van der Waals surface area (Å²) in [6.45, 7) is 4.46. The van der Waals surface area contributed by atoms with Crippen LogP contribution in [-0.4, -0.2) is 26.9 Å². The summed E-state index contributed by atoms with van der Waals surface area (Å²) in [5.41, 5.74) is 1.28. The maximum absolute atomic E-state index is 11.9. The van der Waals surface area contributed by atoms with Crippen LogP contribution in [0.5, 0.6) is 0 Å². The molecule has 2 N–H and O–H groups in total. The highest BCUT2D eigenvalue weighted by atomic mass is 16.1. The van der Waals surface area contributed by atoms with E-state index >= 15 is 0 Å². The molecule has 0 saturated heterocycles. The smallest absolute Gasteiger partial charge is 0.271 e. The van der Waals surface area contributed by atoms with Gasteiger partial charge in [0.15, 0.2) is 0 Å². The molecule has 0 radical (unpaired) electrons. The Morgan fingerprint density at radius 3 is 2.55 bits per heavy atom. The van der Waals surface area contributed by atoms with E-state index < -0.39 is 0 Å². The summed E-state index contributed by atoms with van der Waals surface area (Å²) in [6.07, 6.45) is 6.40. The Bertz CT molecular complexity index is 554. The van der Waals surface area contributed by atoms with Gasteiger partial charge in [0.2, 0.25) is 0 Å². The normalized spacial score (nSPS) is 10.3. The average molecular weight is 271 g/mol. The summed E-state index contributed by atoms with van der Waals surface area (Å²) in [6, 6.07) is 3.97. The van der Waals surface area contributed by atoms with Crippen molar-refractivity contribution in [2.45, 2.75) is 26.4 Å². The summed E-state index contributed by atoms with van der Waals surface area (Å²) in [5.74, 6) is 0.413. The first-order chi connectivity index (χ1) is 9.65. The van der Waals surface area contributed by atoms with Crippen LogP contribution < -0.4 is 10.6 Å². The maximum Gasteiger partial charge on any atom is 0.271 e. The molecular formula is C14H17N5O. The van der Waals surface area contributed by atoms with Crippen molar-refractivity contribution in [1.82, 2.24) is 20.3 Å². The third kappa shape index (κ3) is 4.01. The Morgan fingerprint density at radius 1 is 1.20 bits per heavy atom. The van der Waals surface area contributed by atoms with Gasteiger partial charge in [-0.1, -0.05) is 0 Å². The van der Waals surface area contributed by atoms with E-state index in [1.165, 1.54) is 6.20 Å². The Morgan fingerprint density at radius 2 is 1.95 bits per heavy atom. The van der Waals surface area contributed by atoms with Gasteiger partial charge in [-0.25, -0.2) is 9.97 Å². The van der Waals surface area contributed by atoms with Gasteiger partial charge >= 0.3 is 0 Å². The Balaban J connectivity index is 1.92. The van der Waals surface area contributed by atoms with Crippen LogP contribution in [0.4, 0.5) is 5.82 Å². The van der Waals surface area contributed by atoms with E-state index in [1.807, 2.05) is 26.0 Å². The lowest BCUT2D eigenvalue weighted by atomic mass is 10.2. The standard InChI is InChI=1S/C14H17N5O/c1-10(2)19-13-9-16-12(8-17-13)14(20)18-7-11-3-5-15-6-4-11/h3-6,8-10H,7H2,1-2H3,(H,17,19)(H,18,20). The van der Waals surface area contributed by atoms with Crippen molar-refractivity contribution in [1.29, 1.82) is 0 Å². The number of nitrogens with one attached hydrogen (secondary N) is 2. The van der Waals surface area contributed by atoms with Crippen LogP contribution in [0, 0.1) is 0 Å². The van der Waals surface area contributed by atoms with E-state index in [-0.39, 0.29) is 11.9 Å². The van der Waals surface area contributed by atoms with Crippen molar-refractivity contribution in [2.75, 3.05) is 5.32 Å². The van der Waals surface area contributed by atoms with Crippen molar-refractivity contribution in [2.24, 2.45) is 0 Å². The quantitative estimate of drug-likeness (QED) is 0.864. The Kier molecular flexibility index (Phi) is 4.60. The van der Waals surface area contributed by atoms with Gasteiger partial charge in [-0.15, -0.1) is 0 Å². The van der Waals surface area contributed by atoms with E-state index in [1.54, 1.807) is 18.6 Å². The predicted molar refractivity (Wildman–Crippen MR) is 76.2 cm³/mol. The predicted octanol–water partition coefficient (Wildman–Crippen LogP) is 1.62. The molecule has 6 nitrogen and oxygen atoms in total. The molecule has 0 unspecified atom stereocenters. The van der Waals surface area contributed by atoms with E-state index in [0.717, 1.165) is 5.56 Å². The first-order valence-electron chi connectivity index (χ1n) is 6.41. The van der Waals surface area contributed by atoms with Gasteiger partial charge in [-0.2, -0.15) is 0 Å². The molecule has 2 aromatic heterocycles. The lowest BCUT2D eigenvalue weighted by Gasteiger charge is -2.09. The lowest BCUT2D eigenvalue weighted by Crippen LogP contribution is -2.24. The lowest BCUT2D eigenvalue weighted by molar-refractivity contribution is 0.0945. The number of anilines is 1. The Hall–Kier alpha value is -2.50. The number of carbonyl (C=O) groups is 1. The summed E-state index contributed by atoms with van der Waals surface area (Å²) in [7, 11) is 0. The molecule has 0 atom stereocenters. The van der Waals surface area contributed by atoms with E-state index in [2.05, 4.69) is 25.6 Å². The fourth-order valence-electron chi connectivity index (χ4n) is 1.59. The number of amides is 1. The minimum Gasteiger partial charge on any atom is -0.367 e. The second kappa shape index (κ2) is 6.60. The molecule has 0 aromatic carbocycles. The van der Waals surface area contributed by atoms with Crippen LogP contribution in [0.3, 0.4) is 0 Å². The van der Waals surface area contributed by atoms with Crippen LogP contribution in [0.15, 0.2) is 36.9 Å². The van der Waals surface area contributed by atoms with Crippen LogP contribution >= 0.6 is 0 Å². The highest BCUT2D eigenvalue weighted by Gasteiger charge is 2.07. The molecule has 20 heavy (non-hydrogen) atoms. The summed E-state index contributed by atoms with van der Waals surface area (Å²) in [4.78, 5) is 24.1. The van der Waals surface area contributed by atoms with Gasteiger partial charge in [0, 0.05) is 25.0 Å². The van der Waals surface area contributed by atoms with Gasteiger partial charge in [-0.05, 0) is 31.5 Å². The minimum absolute atomic E-state index is 0.245. The van der Waals surface area contributed by atoms with E-state index in [9.17, 15) is 4.79 Å². The molecule has 0 aliphatic heterocycles. The molecule has 104 valence electrons. The number of carbonyl (C=O) groups excluding carboxylic acids is 1. The third-order valence-corrected chi connectivity index (χ3v) is 2.52. The maximum atomic E-state index is 11.9. The van der Waals surface area contributed by atoms with Crippen molar-refractivity contribution < 1.29 is 4.79 Å². The molecule has 0 fully saturated rings. The number of pyridine rings is 1. The van der Waals surface area contributed by atoms with Crippen LogP contribution in [-0.2, 0) is 6.54 Å². The Labute approximate surface area is 117 Å². The number of aromatic nitrogens is 3. The van der Waals surface area contributed by atoms with E-state index in [0.29, 0.717) is 18.1 Å². The van der Waals surface area contributed by atoms with Gasteiger partial charge < -0.3 is 10.6 Å². The molecule has 2 aromatic rings. The highest BCUT2D eigenvalue weighted by molar-refractivity contribution is 5.91. The summed E-state index contributed by atoms with van der Waals surface area (Å²) < 4.78 is 0. The van der Waals surface area contributed by atoms with Crippen LogP contribution in [0.25, 0.3) is 0 Å². The average Bonchev–Trinajstić information content (AvgIpc) is 2.46. The minimum atomic E-state index is -0.245. The van der Waals surface area contributed by atoms with Crippen LogP contribution in [0.1, 0.15) is 29.9 Å². The molecule has 0 bridgehead atoms. The number of rotatable bonds is 5. The topological polar surface area (TPSA) is 79.8 Å². The van der Waals surface area contributed by atoms with E-state index in [4.69, 9.17) is 0 Å². The molecular weight excluding hydrogens is 254 g/mol. The van der Waals surface area contributed by atoms with Crippen LogP contribution in [0.2, 0.25) is 0 Å². The zero-order valence-corrected chi connectivity index (χ0v) is 11.5. The fourth-order valence-corrected chi connectivity index (χ4v) is 1.59. The van der Waals surface area contributed by atoms with Crippen molar-refractivity contribution >= 4 is 11.7 Å². The first-order valence-corrected chi connectivity index (χ1v) is 6.41. The van der Waals surface area contributed by atoms with Gasteiger partial charge in [0.25, 0.3) is 5.91 Å². The number of hydrogen-bond acceptors (Lipinski definition) is 5. The highest BCUT2D eigenvalue weighted by Crippen LogP contribution is 2.03. The van der Waals surface area contributed by atoms with Crippen molar-refractivity contribution in [3.63, 3.8) is 0 Å². The first kappa shape index (κ1) is 13.9. The molecule has 6 heteroatoms. The zero-order chi connectivity index (χ0) is 14.4. The molecule has 0 aliphatic rings. The number of hydrogen-bond donors (Lipinski definition) is 2. The molecule has 1 amide bonds. The largest absolute Gasteiger partial charge is 0.367 e.